The SMILES string of the molecule is CCCC[N+](C)(C)C.F[B-](F)(F)F.[H+]. The van der Waals surface area contributed by atoms with Gasteiger partial charge >= 0.3 is 8.68 Å². The molecule has 0 fully saturated rings. The van der Waals surface area contributed by atoms with Crippen molar-refractivity contribution in [3.05, 3.63) is 0 Å². The Morgan fingerprint density at radius 3 is 1.46 bits per heavy atom. The lowest BCUT2D eigenvalue weighted by atomic mass is 10.3. The molecule has 0 aliphatic rings. The molecule has 0 saturated heterocycles. The van der Waals surface area contributed by atoms with Crippen molar-refractivity contribution in [2.45, 2.75) is 19.8 Å². The van der Waals surface area contributed by atoms with Gasteiger partial charge in [0, 0.05) is 0 Å². The molecule has 6 heteroatoms. The maximum atomic E-state index is 9.75. The van der Waals surface area contributed by atoms with Crippen LogP contribution in [0.3, 0.4) is 0 Å². The fraction of sp³-hybridized carbons (Fsp3) is 1.00. The number of nitrogens with zero attached hydrogens (tertiary/aromatic N) is 1. The van der Waals surface area contributed by atoms with Crippen molar-refractivity contribution in [2.75, 3.05) is 27.7 Å². The highest BCUT2D eigenvalue weighted by Gasteiger charge is 2.20. The van der Waals surface area contributed by atoms with Crippen LogP contribution >= 0.6 is 0 Å². The number of unbranched alkanes of at least 4 members (excludes halogenated alkanes) is 1. The molecule has 0 unspecified atom stereocenters. The van der Waals surface area contributed by atoms with Gasteiger partial charge in [0.2, 0.25) is 0 Å². The van der Waals surface area contributed by atoms with Crippen molar-refractivity contribution in [2.24, 2.45) is 0 Å². The van der Waals surface area contributed by atoms with Crippen molar-refractivity contribution < 1.29 is 23.2 Å². The van der Waals surface area contributed by atoms with Gasteiger partial charge in [-0.3, -0.25) is 0 Å². The first-order chi connectivity index (χ1) is 5.56. The van der Waals surface area contributed by atoms with Gasteiger partial charge in [0.25, 0.3) is 0 Å². The summed E-state index contributed by atoms with van der Waals surface area (Å²) in [6.45, 7) is 3.53. The van der Waals surface area contributed by atoms with E-state index in [0.29, 0.717) is 0 Å². The second-order valence-corrected chi connectivity index (χ2v) is 3.86. The molecule has 0 aromatic carbocycles. The van der Waals surface area contributed by atoms with Crippen LogP contribution in [0.25, 0.3) is 0 Å². The fourth-order valence-corrected chi connectivity index (χ4v) is 0.632. The third-order valence-electron chi connectivity index (χ3n) is 1.18. The molecular weight excluding hydrogens is 185 g/mol. The molecule has 0 radical (unpaired) electrons. The van der Waals surface area contributed by atoms with Crippen molar-refractivity contribution >= 4 is 7.25 Å². The van der Waals surface area contributed by atoms with E-state index in [4.69, 9.17) is 0 Å². The molecule has 1 nitrogen and oxygen atoms in total. The second kappa shape index (κ2) is 6.24. The van der Waals surface area contributed by atoms with E-state index in [1.54, 1.807) is 0 Å². The Kier molecular flexibility index (Phi) is 7.31. The van der Waals surface area contributed by atoms with Gasteiger partial charge in [-0.15, -0.1) is 0 Å². The number of hydrogen-bond donors (Lipinski definition) is 0. The summed E-state index contributed by atoms with van der Waals surface area (Å²) in [5.74, 6) is 0. The quantitative estimate of drug-likeness (QED) is 0.376. The van der Waals surface area contributed by atoms with Gasteiger partial charge in [-0.05, 0) is 6.42 Å². The van der Waals surface area contributed by atoms with E-state index in [-0.39, 0.29) is 1.43 Å². The topological polar surface area (TPSA) is 0 Å². The first-order valence-corrected chi connectivity index (χ1v) is 4.24. The maximum Gasteiger partial charge on any atom is 1.00 e. The molecule has 0 amide bonds. The highest BCUT2D eigenvalue weighted by Crippen LogP contribution is 2.06. The molecule has 13 heavy (non-hydrogen) atoms. The predicted molar refractivity (Wildman–Crippen MR) is 49.1 cm³/mol. The Balaban J connectivity index is -0.000000177. The van der Waals surface area contributed by atoms with Gasteiger partial charge < -0.3 is 21.7 Å². The molecule has 0 rings (SSSR count). The highest BCUT2D eigenvalue weighted by atomic mass is 19.5. The molecule has 0 heterocycles. The fourth-order valence-electron chi connectivity index (χ4n) is 0.632. The van der Waals surface area contributed by atoms with Crippen LogP contribution in [-0.4, -0.2) is 39.4 Å². The maximum absolute atomic E-state index is 9.75. The summed E-state index contributed by atoms with van der Waals surface area (Å²) in [5.41, 5.74) is 0. The minimum atomic E-state index is -6.00. The van der Waals surface area contributed by atoms with Crippen molar-refractivity contribution in [3.63, 3.8) is 0 Å². The van der Waals surface area contributed by atoms with Crippen LogP contribution in [0.2, 0.25) is 0 Å². The standard InChI is InChI=1S/C7H18N.BF4/c1-5-6-7-8(2,3)4;2-1(3,4)5/h5-7H2,1-4H3;/q+1;-1/p+1. The van der Waals surface area contributed by atoms with Crippen LogP contribution in [0.5, 0.6) is 0 Å². The van der Waals surface area contributed by atoms with E-state index in [1.807, 2.05) is 0 Å². The molecule has 0 atom stereocenters. The Labute approximate surface area is 78.9 Å². The van der Waals surface area contributed by atoms with Gasteiger partial charge in [-0.25, -0.2) is 0 Å². The molecular formula is C7H19BF4N+. The molecule has 0 spiro atoms. The van der Waals surface area contributed by atoms with E-state index >= 15 is 0 Å². The summed E-state index contributed by atoms with van der Waals surface area (Å²) in [7, 11) is 0.695. The summed E-state index contributed by atoms with van der Waals surface area (Å²) in [6, 6.07) is 0. The van der Waals surface area contributed by atoms with E-state index in [0.717, 1.165) is 4.48 Å². The second-order valence-electron chi connectivity index (χ2n) is 3.86. The van der Waals surface area contributed by atoms with Crippen LogP contribution in [0.15, 0.2) is 0 Å². The van der Waals surface area contributed by atoms with Crippen LogP contribution in [0.1, 0.15) is 21.2 Å². The minimum absolute atomic E-state index is 0. The zero-order valence-electron chi connectivity index (χ0n) is 9.66. The number of quaternary nitrogens is 1. The van der Waals surface area contributed by atoms with E-state index < -0.39 is 7.25 Å². The summed E-state index contributed by atoms with van der Waals surface area (Å²) in [4.78, 5) is 0. The first-order valence-electron chi connectivity index (χ1n) is 4.24. The number of halogens is 4. The average Bonchev–Trinajstić information content (AvgIpc) is 1.77. The van der Waals surface area contributed by atoms with Gasteiger partial charge in [-0.2, -0.15) is 0 Å². The highest BCUT2D eigenvalue weighted by molar-refractivity contribution is 6.50. The molecule has 82 valence electrons. The van der Waals surface area contributed by atoms with Crippen molar-refractivity contribution in [1.29, 1.82) is 0 Å². The van der Waals surface area contributed by atoms with Crippen LogP contribution < -0.4 is 0 Å². The summed E-state index contributed by atoms with van der Waals surface area (Å²) < 4.78 is 40.1. The molecule has 0 aromatic rings. The first kappa shape index (κ1) is 15.2. The normalized spacial score (nSPS) is 12.0. The zero-order chi connectivity index (χ0) is 11.1. The zero-order valence-corrected chi connectivity index (χ0v) is 8.66. The lowest BCUT2D eigenvalue weighted by Crippen LogP contribution is -2.35. The van der Waals surface area contributed by atoms with Gasteiger partial charge in [0.05, 0.1) is 27.7 Å². The Morgan fingerprint density at radius 2 is 1.38 bits per heavy atom. The predicted octanol–water partition coefficient (Wildman–Crippen LogP) is 2.91. The van der Waals surface area contributed by atoms with Gasteiger partial charge in [-0.1, -0.05) is 13.3 Å². The van der Waals surface area contributed by atoms with Crippen LogP contribution in [0.4, 0.5) is 17.3 Å². The van der Waals surface area contributed by atoms with E-state index in [1.165, 1.54) is 19.4 Å². The van der Waals surface area contributed by atoms with E-state index in [2.05, 4.69) is 28.1 Å². The van der Waals surface area contributed by atoms with Crippen molar-refractivity contribution in [3.8, 4) is 0 Å². The summed E-state index contributed by atoms with van der Waals surface area (Å²) in [5, 5.41) is 0. The average molecular weight is 204 g/mol. The largest absolute Gasteiger partial charge is 1.00 e. The molecule has 0 N–H and O–H groups in total. The summed E-state index contributed by atoms with van der Waals surface area (Å²) in [6.07, 6.45) is 2.67. The molecule has 0 aromatic heterocycles. The monoisotopic (exact) mass is 204 g/mol. The third-order valence-corrected chi connectivity index (χ3v) is 1.18. The van der Waals surface area contributed by atoms with Crippen LogP contribution in [-0.2, 0) is 0 Å². The lowest BCUT2D eigenvalue weighted by Gasteiger charge is -2.23. The van der Waals surface area contributed by atoms with Gasteiger partial charge in [0.1, 0.15) is 0 Å². The summed E-state index contributed by atoms with van der Waals surface area (Å²) >= 11 is 0. The molecule has 0 aliphatic carbocycles. The number of hydrogen-bond acceptors (Lipinski definition) is 0. The molecule has 0 aliphatic heterocycles. The van der Waals surface area contributed by atoms with Gasteiger partial charge in [0.15, 0.2) is 0 Å². The number of rotatable bonds is 3. The smallest absolute Gasteiger partial charge is 0.418 e. The minimum Gasteiger partial charge on any atom is -0.418 e. The van der Waals surface area contributed by atoms with Crippen molar-refractivity contribution in [1.82, 2.24) is 0 Å². The Morgan fingerprint density at radius 1 is 1.08 bits per heavy atom. The Hall–Kier alpha value is -0.255. The lowest BCUT2D eigenvalue weighted by molar-refractivity contribution is -0.870. The van der Waals surface area contributed by atoms with Crippen LogP contribution in [0, 0.1) is 0 Å². The third kappa shape index (κ3) is 49.5. The van der Waals surface area contributed by atoms with E-state index in [9.17, 15) is 17.3 Å². The molecule has 0 saturated carbocycles. The molecule has 0 bridgehead atoms. The Bertz CT molecular complexity index is 118.